The number of rotatable bonds is 5. The first-order chi connectivity index (χ1) is 10.8. The number of hydrogen-bond donors (Lipinski definition) is 2. The molecule has 24 heavy (non-hydrogen) atoms. The van der Waals surface area contributed by atoms with E-state index >= 15 is 0 Å². The Morgan fingerprint density at radius 2 is 1.75 bits per heavy atom. The van der Waals surface area contributed by atoms with Crippen molar-refractivity contribution in [1.29, 1.82) is 0 Å². The van der Waals surface area contributed by atoms with Gasteiger partial charge in [0, 0.05) is 7.14 Å². The molecule has 0 radical (unpaired) electrons. The van der Waals surface area contributed by atoms with E-state index in [9.17, 15) is 9.90 Å². The molecule has 0 fully saturated rings. The fourth-order valence-corrected chi connectivity index (χ4v) is 4.22. The van der Waals surface area contributed by atoms with E-state index in [1.54, 1.807) is 24.3 Å². The molecule has 0 saturated carbocycles. The SMILES string of the molecule is N[C@H](Cc1ccc(Oc2cc(I)c([O-])c(I)c2)c(I)c1)C(=O)O.[Na+]. The minimum absolute atomic E-state index is 0. The van der Waals surface area contributed by atoms with Crippen LogP contribution in [0.3, 0.4) is 0 Å². The van der Waals surface area contributed by atoms with E-state index in [0.717, 1.165) is 9.13 Å². The number of carbonyl (C=O) groups is 1. The van der Waals surface area contributed by atoms with Crippen molar-refractivity contribution in [2.75, 3.05) is 0 Å². The van der Waals surface area contributed by atoms with Gasteiger partial charge in [-0.15, -0.1) is 0 Å². The molecule has 3 N–H and O–H groups in total. The van der Waals surface area contributed by atoms with Gasteiger partial charge < -0.3 is 20.7 Å². The molecule has 9 heteroatoms. The van der Waals surface area contributed by atoms with Gasteiger partial charge in [-0.25, -0.2) is 0 Å². The molecule has 2 rings (SSSR count). The van der Waals surface area contributed by atoms with Crippen LogP contribution in [-0.2, 0) is 11.2 Å². The van der Waals surface area contributed by atoms with Gasteiger partial charge in [-0.1, -0.05) is 11.8 Å². The monoisotopic (exact) mass is 673 g/mol. The Balaban J connectivity index is 0.00000288. The van der Waals surface area contributed by atoms with Crippen LogP contribution in [-0.4, -0.2) is 17.1 Å². The molecular formula is C15H11I3NNaO4. The molecular weight excluding hydrogens is 662 g/mol. The third-order valence-corrected chi connectivity index (χ3v) is 5.41. The smallest absolute Gasteiger partial charge is 0.871 e. The maximum absolute atomic E-state index is 11.7. The number of carboxylic acids is 1. The molecule has 0 heterocycles. The standard InChI is InChI=1S/C15H12I3NO4.Na/c16-9-3-7(4-12(19)15(21)22)1-2-13(9)23-8-5-10(17)14(20)11(18)6-8;/h1-3,5-6,12,20H,4,19H2,(H,21,22);/q;+1/p-1/t12-;/m1./s1. The second-order valence-electron chi connectivity index (χ2n) is 4.73. The first-order valence-corrected chi connectivity index (χ1v) is 9.62. The van der Waals surface area contributed by atoms with Crippen molar-refractivity contribution in [1.82, 2.24) is 0 Å². The van der Waals surface area contributed by atoms with E-state index in [-0.39, 0.29) is 41.7 Å². The third kappa shape index (κ3) is 6.13. The molecule has 2 aromatic carbocycles. The van der Waals surface area contributed by atoms with Crippen LogP contribution in [0.15, 0.2) is 30.3 Å². The van der Waals surface area contributed by atoms with E-state index in [1.165, 1.54) is 0 Å². The fraction of sp³-hybridized carbons (Fsp3) is 0.133. The van der Waals surface area contributed by atoms with Crippen LogP contribution in [0.25, 0.3) is 0 Å². The molecule has 0 aliphatic heterocycles. The predicted octanol–water partition coefficient (Wildman–Crippen LogP) is 0.325. The van der Waals surface area contributed by atoms with Crippen LogP contribution in [0.5, 0.6) is 17.2 Å². The molecule has 0 amide bonds. The molecule has 122 valence electrons. The normalized spacial score (nSPS) is 11.5. The molecule has 0 aromatic heterocycles. The summed E-state index contributed by atoms with van der Waals surface area (Å²) in [6.45, 7) is 0. The van der Waals surface area contributed by atoms with Crippen molar-refractivity contribution in [3.05, 3.63) is 46.6 Å². The zero-order chi connectivity index (χ0) is 17.1. The second-order valence-corrected chi connectivity index (χ2v) is 8.22. The number of nitrogens with two attached hydrogens (primary N) is 1. The topological polar surface area (TPSA) is 95.6 Å². The zero-order valence-corrected chi connectivity index (χ0v) is 21.0. The fourth-order valence-electron chi connectivity index (χ4n) is 1.82. The van der Waals surface area contributed by atoms with Gasteiger partial charge in [-0.05, 0) is 104 Å². The van der Waals surface area contributed by atoms with E-state index in [4.69, 9.17) is 15.6 Å². The Hall–Kier alpha value is 0.660. The summed E-state index contributed by atoms with van der Waals surface area (Å²) in [5.74, 6) is 0.197. The van der Waals surface area contributed by atoms with Crippen molar-refractivity contribution in [2.24, 2.45) is 5.73 Å². The maximum Gasteiger partial charge on any atom is 1.00 e. The molecule has 0 saturated heterocycles. The van der Waals surface area contributed by atoms with Crippen LogP contribution in [0, 0.1) is 10.7 Å². The van der Waals surface area contributed by atoms with Crippen molar-refractivity contribution < 1.29 is 49.3 Å². The van der Waals surface area contributed by atoms with Crippen LogP contribution in [0.4, 0.5) is 0 Å². The van der Waals surface area contributed by atoms with Gasteiger partial charge >= 0.3 is 35.5 Å². The minimum Gasteiger partial charge on any atom is -0.871 e. The summed E-state index contributed by atoms with van der Waals surface area (Å²) in [4.78, 5) is 10.8. The quantitative estimate of drug-likeness (QED) is 0.353. The number of ether oxygens (including phenoxy) is 1. The molecule has 0 spiro atoms. The maximum atomic E-state index is 11.7. The van der Waals surface area contributed by atoms with Gasteiger partial charge in [0.25, 0.3) is 0 Å². The Kier molecular flexibility index (Phi) is 9.57. The van der Waals surface area contributed by atoms with Crippen molar-refractivity contribution in [2.45, 2.75) is 12.5 Å². The van der Waals surface area contributed by atoms with Crippen molar-refractivity contribution in [3.8, 4) is 17.2 Å². The molecule has 0 unspecified atom stereocenters. The van der Waals surface area contributed by atoms with Gasteiger partial charge in [0.05, 0.1) is 3.57 Å². The zero-order valence-electron chi connectivity index (χ0n) is 12.6. The van der Waals surface area contributed by atoms with Gasteiger partial charge in [-0.2, -0.15) is 0 Å². The van der Waals surface area contributed by atoms with Crippen LogP contribution < -0.4 is 45.1 Å². The number of benzene rings is 2. The summed E-state index contributed by atoms with van der Waals surface area (Å²) < 4.78 is 7.87. The molecule has 1 atom stereocenters. The molecule has 5 nitrogen and oxygen atoms in total. The van der Waals surface area contributed by atoms with Crippen LogP contribution >= 0.6 is 67.8 Å². The average molecular weight is 673 g/mol. The number of carboxylic acid groups (broad SMARTS) is 1. The van der Waals surface area contributed by atoms with Gasteiger partial charge in [0.1, 0.15) is 17.5 Å². The number of halogens is 3. The first kappa shape index (κ1) is 22.7. The Labute approximate surface area is 202 Å². The number of hydrogen-bond acceptors (Lipinski definition) is 4. The van der Waals surface area contributed by atoms with Gasteiger partial charge in [0.15, 0.2) is 0 Å². The average Bonchev–Trinajstić information content (AvgIpc) is 2.47. The molecule has 0 aliphatic carbocycles. The van der Waals surface area contributed by atoms with Crippen molar-refractivity contribution in [3.63, 3.8) is 0 Å². The summed E-state index contributed by atoms with van der Waals surface area (Å²) in [7, 11) is 0. The molecule has 0 aliphatic rings. The van der Waals surface area contributed by atoms with Gasteiger partial charge in [0.2, 0.25) is 0 Å². The van der Waals surface area contributed by atoms with E-state index in [1.807, 2.05) is 51.2 Å². The summed E-state index contributed by atoms with van der Waals surface area (Å²) in [5.41, 5.74) is 6.37. The van der Waals surface area contributed by atoms with E-state index in [2.05, 4.69) is 22.6 Å². The Morgan fingerprint density at radius 3 is 2.25 bits per heavy atom. The summed E-state index contributed by atoms with van der Waals surface area (Å²) in [6, 6.07) is 7.86. The predicted molar refractivity (Wildman–Crippen MR) is 110 cm³/mol. The largest absolute Gasteiger partial charge is 1.00 e. The van der Waals surface area contributed by atoms with E-state index in [0.29, 0.717) is 18.6 Å². The van der Waals surface area contributed by atoms with E-state index < -0.39 is 12.0 Å². The first-order valence-electron chi connectivity index (χ1n) is 6.38. The van der Waals surface area contributed by atoms with Crippen LogP contribution in [0.1, 0.15) is 5.56 Å². The summed E-state index contributed by atoms with van der Waals surface area (Å²) in [6.07, 6.45) is 0.256. The molecule has 0 bridgehead atoms. The summed E-state index contributed by atoms with van der Waals surface area (Å²) >= 11 is 6.09. The van der Waals surface area contributed by atoms with Crippen LogP contribution in [0.2, 0.25) is 0 Å². The third-order valence-electron chi connectivity index (χ3n) is 2.97. The Morgan fingerprint density at radius 1 is 1.17 bits per heavy atom. The summed E-state index contributed by atoms with van der Waals surface area (Å²) in [5, 5.41) is 20.6. The van der Waals surface area contributed by atoms with Crippen molar-refractivity contribution >= 4 is 73.7 Å². The van der Waals surface area contributed by atoms with Gasteiger partial charge in [-0.3, -0.25) is 4.79 Å². The number of aliphatic carboxylic acids is 1. The molecule has 2 aromatic rings. The minimum atomic E-state index is -1.03. The Bertz CT molecular complexity index is 734. The second kappa shape index (κ2) is 10.1.